The van der Waals surface area contributed by atoms with Crippen molar-refractivity contribution in [2.45, 2.75) is 52.1 Å². The highest BCUT2D eigenvalue weighted by atomic mass is 19.4. The highest BCUT2D eigenvalue weighted by Gasteiger charge is 2.33. The van der Waals surface area contributed by atoms with Gasteiger partial charge in [0.1, 0.15) is 12.4 Å². The van der Waals surface area contributed by atoms with Crippen LogP contribution in [0.4, 0.5) is 13.2 Å². The Kier molecular flexibility index (Phi) is 7.92. The van der Waals surface area contributed by atoms with E-state index in [4.69, 9.17) is 14.6 Å². The van der Waals surface area contributed by atoms with E-state index < -0.39 is 17.7 Å². The molecule has 0 fully saturated rings. The van der Waals surface area contributed by atoms with Gasteiger partial charge in [-0.05, 0) is 54.9 Å². The molecule has 0 atom stereocenters. The van der Waals surface area contributed by atoms with E-state index in [9.17, 15) is 18.0 Å². The summed E-state index contributed by atoms with van der Waals surface area (Å²) in [5.74, 6) is -0.440. The van der Waals surface area contributed by atoms with E-state index in [-0.39, 0.29) is 30.8 Å². The zero-order chi connectivity index (χ0) is 20.7. The quantitative estimate of drug-likeness (QED) is 0.575. The standard InChI is InChI=1S/C21H27F3O4/c1-14(2)3-4-15-9-10-27-12-17(15)13-28-18-7-5-16(6-8-20(25)26)19(11-18)21(22,23)24/h5,7,11,14H,3-4,6,8-10,12-13H2,1-2H3,(H,25,26). The maximum atomic E-state index is 13.4. The van der Waals surface area contributed by atoms with Crippen LogP contribution in [0.2, 0.25) is 0 Å². The van der Waals surface area contributed by atoms with Crippen LogP contribution in [0.15, 0.2) is 29.3 Å². The van der Waals surface area contributed by atoms with Gasteiger partial charge in [0.15, 0.2) is 0 Å². The summed E-state index contributed by atoms with van der Waals surface area (Å²) in [5.41, 5.74) is 1.38. The molecule has 7 heteroatoms. The number of aryl methyl sites for hydroxylation is 1. The Hall–Kier alpha value is -2.02. The van der Waals surface area contributed by atoms with Gasteiger partial charge in [0.2, 0.25) is 0 Å². The van der Waals surface area contributed by atoms with Crippen LogP contribution in [-0.2, 0) is 22.1 Å². The lowest BCUT2D eigenvalue weighted by molar-refractivity contribution is -0.140. The number of carboxylic acid groups (broad SMARTS) is 1. The zero-order valence-electron chi connectivity index (χ0n) is 16.3. The largest absolute Gasteiger partial charge is 0.489 e. The molecule has 2 rings (SSSR count). The minimum absolute atomic E-state index is 0.0416. The molecule has 1 aliphatic heterocycles. The number of carbonyl (C=O) groups is 1. The Bertz CT molecular complexity index is 708. The first-order chi connectivity index (χ1) is 13.2. The smallest absolute Gasteiger partial charge is 0.416 e. The van der Waals surface area contributed by atoms with Crippen molar-refractivity contribution in [3.05, 3.63) is 40.5 Å². The fourth-order valence-electron chi connectivity index (χ4n) is 3.12. The monoisotopic (exact) mass is 400 g/mol. The summed E-state index contributed by atoms with van der Waals surface area (Å²) >= 11 is 0. The van der Waals surface area contributed by atoms with Gasteiger partial charge in [-0.2, -0.15) is 13.2 Å². The number of alkyl halides is 3. The molecule has 156 valence electrons. The predicted octanol–water partition coefficient (Wildman–Crippen LogP) is 5.25. The summed E-state index contributed by atoms with van der Waals surface area (Å²) < 4.78 is 51.2. The Morgan fingerprint density at radius 1 is 1.25 bits per heavy atom. The second-order valence-corrected chi connectivity index (χ2v) is 7.44. The zero-order valence-corrected chi connectivity index (χ0v) is 16.3. The van der Waals surface area contributed by atoms with Crippen LogP contribution >= 0.6 is 0 Å². The summed E-state index contributed by atoms with van der Waals surface area (Å²) in [6.07, 6.45) is -2.28. The van der Waals surface area contributed by atoms with Crippen molar-refractivity contribution < 1.29 is 32.5 Å². The molecule has 1 aromatic carbocycles. The van der Waals surface area contributed by atoms with E-state index in [1.54, 1.807) is 0 Å². The number of benzene rings is 1. The molecule has 28 heavy (non-hydrogen) atoms. The second-order valence-electron chi connectivity index (χ2n) is 7.44. The third kappa shape index (κ3) is 6.86. The molecule has 0 saturated carbocycles. The van der Waals surface area contributed by atoms with Crippen molar-refractivity contribution in [3.8, 4) is 5.75 Å². The van der Waals surface area contributed by atoms with Gasteiger partial charge in [-0.25, -0.2) is 0 Å². The molecule has 0 saturated heterocycles. The number of ether oxygens (including phenoxy) is 2. The average molecular weight is 400 g/mol. The highest BCUT2D eigenvalue weighted by molar-refractivity contribution is 5.67. The lowest BCUT2D eigenvalue weighted by Crippen LogP contribution is -2.17. The number of aliphatic carboxylic acids is 1. The Morgan fingerprint density at radius 3 is 2.64 bits per heavy atom. The summed E-state index contributed by atoms with van der Waals surface area (Å²) in [6, 6.07) is 3.71. The molecule has 1 heterocycles. The van der Waals surface area contributed by atoms with E-state index in [0.717, 1.165) is 30.9 Å². The summed E-state index contributed by atoms with van der Waals surface area (Å²) in [5, 5.41) is 8.73. The van der Waals surface area contributed by atoms with Gasteiger partial charge in [-0.15, -0.1) is 0 Å². The summed E-state index contributed by atoms with van der Waals surface area (Å²) in [4.78, 5) is 10.7. The first-order valence-electron chi connectivity index (χ1n) is 9.49. The topological polar surface area (TPSA) is 55.8 Å². The Labute approximate surface area is 163 Å². The minimum Gasteiger partial charge on any atom is -0.489 e. The molecule has 1 aromatic rings. The third-order valence-electron chi connectivity index (χ3n) is 4.76. The van der Waals surface area contributed by atoms with E-state index >= 15 is 0 Å². The van der Waals surface area contributed by atoms with E-state index in [1.807, 2.05) is 0 Å². The van der Waals surface area contributed by atoms with E-state index in [0.29, 0.717) is 19.1 Å². The molecular weight excluding hydrogens is 373 g/mol. The molecule has 0 radical (unpaired) electrons. The molecule has 1 N–H and O–H groups in total. The van der Waals surface area contributed by atoms with Crippen molar-refractivity contribution in [3.63, 3.8) is 0 Å². The van der Waals surface area contributed by atoms with E-state index in [2.05, 4.69) is 13.8 Å². The predicted molar refractivity (Wildman–Crippen MR) is 99.4 cm³/mol. The number of hydrogen-bond donors (Lipinski definition) is 1. The maximum Gasteiger partial charge on any atom is 0.416 e. The molecule has 0 bridgehead atoms. The highest BCUT2D eigenvalue weighted by Crippen LogP contribution is 2.35. The van der Waals surface area contributed by atoms with Crippen molar-refractivity contribution >= 4 is 5.97 Å². The lowest BCUT2D eigenvalue weighted by atomic mass is 9.95. The molecule has 0 amide bonds. The van der Waals surface area contributed by atoms with Gasteiger partial charge in [0.05, 0.1) is 18.8 Å². The fraction of sp³-hybridized carbons (Fsp3) is 0.571. The molecule has 0 unspecified atom stereocenters. The third-order valence-corrected chi connectivity index (χ3v) is 4.76. The van der Waals surface area contributed by atoms with Crippen LogP contribution in [-0.4, -0.2) is 30.9 Å². The molecule has 0 aromatic heterocycles. The molecular formula is C21H27F3O4. The van der Waals surface area contributed by atoms with Gasteiger partial charge >= 0.3 is 12.1 Å². The first kappa shape index (κ1) is 22.3. The van der Waals surface area contributed by atoms with Crippen LogP contribution in [0.25, 0.3) is 0 Å². The van der Waals surface area contributed by atoms with Gasteiger partial charge in [-0.3, -0.25) is 4.79 Å². The van der Waals surface area contributed by atoms with Gasteiger partial charge in [0.25, 0.3) is 0 Å². The van der Waals surface area contributed by atoms with Crippen molar-refractivity contribution in [2.75, 3.05) is 19.8 Å². The van der Waals surface area contributed by atoms with Crippen molar-refractivity contribution in [2.24, 2.45) is 5.92 Å². The van der Waals surface area contributed by atoms with Crippen LogP contribution in [0.1, 0.15) is 50.7 Å². The average Bonchev–Trinajstić information content (AvgIpc) is 2.63. The molecule has 4 nitrogen and oxygen atoms in total. The van der Waals surface area contributed by atoms with Crippen molar-refractivity contribution in [1.82, 2.24) is 0 Å². The number of hydrogen-bond acceptors (Lipinski definition) is 3. The summed E-state index contributed by atoms with van der Waals surface area (Å²) in [7, 11) is 0. The fourth-order valence-corrected chi connectivity index (χ4v) is 3.12. The Morgan fingerprint density at radius 2 is 2.00 bits per heavy atom. The molecule has 1 aliphatic rings. The van der Waals surface area contributed by atoms with Crippen LogP contribution < -0.4 is 4.74 Å². The lowest BCUT2D eigenvalue weighted by Gasteiger charge is -2.22. The van der Waals surface area contributed by atoms with Crippen LogP contribution in [0.5, 0.6) is 5.75 Å². The summed E-state index contributed by atoms with van der Waals surface area (Å²) in [6.45, 7) is 5.60. The van der Waals surface area contributed by atoms with Gasteiger partial charge in [0, 0.05) is 6.42 Å². The van der Waals surface area contributed by atoms with Crippen LogP contribution in [0.3, 0.4) is 0 Å². The maximum absolute atomic E-state index is 13.4. The SMILES string of the molecule is CC(C)CCC1=C(COc2ccc(CCC(=O)O)c(C(F)(F)F)c2)COCC1. The molecule has 0 aliphatic carbocycles. The Balaban J connectivity index is 2.13. The van der Waals surface area contributed by atoms with Crippen LogP contribution in [0, 0.1) is 5.92 Å². The first-order valence-corrected chi connectivity index (χ1v) is 9.49. The van der Waals surface area contributed by atoms with Gasteiger partial charge < -0.3 is 14.6 Å². The minimum atomic E-state index is -4.57. The van der Waals surface area contributed by atoms with E-state index in [1.165, 1.54) is 17.7 Å². The van der Waals surface area contributed by atoms with Gasteiger partial charge in [-0.1, -0.05) is 25.5 Å². The number of halogens is 3. The number of carboxylic acids is 1. The van der Waals surface area contributed by atoms with Crippen molar-refractivity contribution in [1.29, 1.82) is 0 Å². The number of rotatable bonds is 9. The normalized spacial score (nSPS) is 15.2. The molecule has 0 spiro atoms. The second kappa shape index (κ2) is 9.96.